The fourth-order valence-corrected chi connectivity index (χ4v) is 5.13. The van der Waals surface area contributed by atoms with Gasteiger partial charge in [-0.15, -0.1) is 0 Å². The molecule has 48 heavy (non-hydrogen) atoms. The molecule has 0 aromatic heterocycles. The van der Waals surface area contributed by atoms with Crippen molar-refractivity contribution in [1.82, 2.24) is 0 Å². The lowest BCUT2D eigenvalue weighted by molar-refractivity contribution is -0.187. The van der Waals surface area contributed by atoms with Crippen molar-refractivity contribution in [2.75, 3.05) is 0 Å². The van der Waals surface area contributed by atoms with Gasteiger partial charge in [0, 0.05) is 11.1 Å². The lowest BCUT2D eigenvalue weighted by Crippen LogP contribution is -2.23. The minimum Gasteiger partial charge on any atom is -0.429 e. The van der Waals surface area contributed by atoms with Crippen molar-refractivity contribution in [1.29, 1.82) is 0 Å². The average molecular weight is 671 g/mol. The zero-order valence-electron chi connectivity index (χ0n) is 25.4. The molecule has 0 saturated heterocycles. The number of rotatable bonds is 11. The Labute approximate surface area is 270 Å². The third kappa shape index (κ3) is 7.75. The average Bonchev–Trinajstić information content (AvgIpc) is 3.03. The normalized spacial score (nSPS) is 11.8. The zero-order chi connectivity index (χ0) is 34.6. The third-order valence-electron chi connectivity index (χ3n) is 7.66. The van der Waals surface area contributed by atoms with Gasteiger partial charge >= 0.3 is 6.11 Å². The molecule has 10 heteroatoms. The van der Waals surface area contributed by atoms with Crippen molar-refractivity contribution in [3.05, 3.63) is 148 Å². The van der Waals surface area contributed by atoms with E-state index in [4.69, 9.17) is 4.74 Å². The van der Waals surface area contributed by atoms with Crippen LogP contribution in [-0.4, -0.2) is 0 Å². The summed E-state index contributed by atoms with van der Waals surface area (Å²) >= 11 is 0. The van der Waals surface area contributed by atoms with Crippen LogP contribution in [0, 0.1) is 40.7 Å². The summed E-state index contributed by atoms with van der Waals surface area (Å²) in [7, 11) is 0. The van der Waals surface area contributed by atoms with Crippen molar-refractivity contribution in [3.8, 4) is 28.0 Å². The Morgan fingerprint density at radius 3 is 1.81 bits per heavy atom. The Hall–Kier alpha value is -4.99. The van der Waals surface area contributed by atoms with Crippen LogP contribution in [0.1, 0.15) is 48.4 Å². The summed E-state index contributed by atoms with van der Waals surface area (Å²) in [6.07, 6.45) is 1.25. The highest BCUT2D eigenvalue weighted by molar-refractivity contribution is 5.75. The molecule has 0 fully saturated rings. The van der Waals surface area contributed by atoms with Crippen LogP contribution in [-0.2, 0) is 12.5 Å². The molecule has 248 valence electrons. The second-order valence-electron chi connectivity index (χ2n) is 11.1. The largest absolute Gasteiger partial charge is 0.429 e. The molecule has 5 rings (SSSR count). The Morgan fingerprint density at radius 1 is 0.583 bits per heavy atom. The van der Waals surface area contributed by atoms with Crippen LogP contribution in [0.2, 0.25) is 0 Å². The van der Waals surface area contributed by atoms with Crippen LogP contribution in [0.3, 0.4) is 0 Å². The van der Waals surface area contributed by atoms with Crippen LogP contribution >= 0.6 is 0 Å². The number of aryl methyl sites for hydroxylation is 1. The second kappa shape index (κ2) is 14.4. The molecule has 0 aliphatic carbocycles. The van der Waals surface area contributed by atoms with Crippen molar-refractivity contribution in [2.45, 2.75) is 38.7 Å². The number of hydrogen-bond acceptors (Lipinski definition) is 1. The van der Waals surface area contributed by atoms with Crippen molar-refractivity contribution in [2.24, 2.45) is 0 Å². The molecule has 0 heterocycles. The molecule has 0 spiro atoms. The first kappa shape index (κ1) is 34.3. The second-order valence-corrected chi connectivity index (χ2v) is 11.1. The van der Waals surface area contributed by atoms with Gasteiger partial charge in [-0.05, 0) is 101 Å². The first-order valence-corrected chi connectivity index (χ1v) is 14.9. The summed E-state index contributed by atoms with van der Waals surface area (Å²) in [5.41, 5.74) is -0.603. The van der Waals surface area contributed by atoms with Crippen LogP contribution in [0.25, 0.3) is 34.4 Å². The fraction of sp³-hybridized carbons (Fsp3) is 0.158. The Kier molecular flexibility index (Phi) is 10.3. The van der Waals surface area contributed by atoms with Gasteiger partial charge in [-0.2, -0.15) is 8.78 Å². The first-order chi connectivity index (χ1) is 22.9. The van der Waals surface area contributed by atoms with E-state index in [2.05, 4.69) is 0 Å². The molecule has 1 nitrogen and oxygen atoms in total. The maximum Gasteiger partial charge on any atom is 0.429 e. The Morgan fingerprint density at radius 2 is 1.21 bits per heavy atom. The van der Waals surface area contributed by atoms with Gasteiger partial charge in [0.2, 0.25) is 0 Å². The van der Waals surface area contributed by atoms with Crippen LogP contribution < -0.4 is 4.74 Å². The summed E-state index contributed by atoms with van der Waals surface area (Å²) in [5.74, 6) is -8.99. The zero-order valence-corrected chi connectivity index (χ0v) is 25.4. The SMILES string of the molecule is CCCCCc1ccc(C(F)(F)Oc2ccc(-c3ccc(-c4cc(F)c(/C=C/c5cc(F)c(F)c(F)c5)c(F)c4)c(F)c3)cc2)c(F)c1. The maximum absolute atomic E-state index is 15.2. The monoisotopic (exact) mass is 670 g/mol. The molecule has 0 aliphatic heterocycles. The van der Waals surface area contributed by atoms with Crippen molar-refractivity contribution < 1.29 is 44.3 Å². The minimum absolute atomic E-state index is 0.141. The van der Waals surface area contributed by atoms with Gasteiger partial charge in [0.25, 0.3) is 0 Å². The van der Waals surface area contributed by atoms with E-state index >= 15 is 4.39 Å². The smallest absolute Gasteiger partial charge is 0.429 e. The highest BCUT2D eigenvalue weighted by atomic mass is 19.3. The van der Waals surface area contributed by atoms with E-state index in [0.717, 1.165) is 61.7 Å². The molecular weight excluding hydrogens is 643 g/mol. The third-order valence-corrected chi connectivity index (χ3v) is 7.66. The Balaban J connectivity index is 1.30. The van der Waals surface area contributed by atoms with E-state index in [1.54, 1.807) is 0 Å². The van der Waals surface area contributed by atoms with Gasteiger partial charge in [-0.3, -0.25) is 0 Å². The molecule has 0 saturated carbocycles. The van der Waals surface area contributed by atoms with Crippen LogP contribution in [0.4, 0.5) is 39.5 Å². The van der Waals surface area contributed by atoms with Gasteiger partial charge in [-0.1, -0.05) is 56.2 Å². The molecule has 0 amide bonds. The molecule has 0 aliphatic rings. The molecular formula is C38H27F9O. The standard InChI is InChI=1S/C38H27F9O/c1-2-3-4-5-22-7-15-30(34(42)16-22)38(46,47)48-27-11-8-24(9-12-27)25-10-14-28(31(39)19-25)26-20-32(40)29(33(41)21-26)13-6-23-17-35(43)37(45)36(44)18-23/h6-21H,2-5H2,1H3/b13-6+. The van der Waals surface area contributed by atoms with Gasteiger partial charge in [0.1, 0.15) is 29.0 Å². The number of benzene rings is 5. The Bertz CT molecular complexity index is 1920. The summed E-state index contributed by atoms with van der Waals surface area (Å²) in [6.45, 7) is 2.02. The molecule has 0 atom stereocenters. The van der Waals surface area contributed by atoms with E-state index in [0.29, 0.717) is 35.2 Å². The van der Waals surface area contributed by atoms with Gasteiger partial charge in [0.05, 0.1) is 5.56 Å². The summed E-state index contributed by atoms with van der Waals surface area (Å²) < 4.78 is 134. The predicted octanol–water partition coefficient (Wildman–Crippen LogP) is 12.0. The maximum atomic E-state index is 15.2. The highest BCUT2D eigenvalue weighted by Gasteiger charge is 2.37. The lowest BCUT2D eigenvalue weighted by Gasteiger charge is -2.19. The van der Waals surface area contributed by atoms with Crippen molar-refractivity contribution in [3.63, 3.8) is 0 Å². The number of halogens is 9. The van der Waals surface area contributed by atoms with Crippen LogP contribution in [0.5, 0.6) is 5.75 Å². The van der Waals surface area contributed by atoms with E-state index < -0.39 is 58.0 Å². The van der Waals surface area contributed by atoms with E-state index in [-0.39, 0.29) is 22.4 Å². The number of unbranched alkanes of at least 4 members (excludes halogenated alkanes) is 2. The number of hydrogen-bond donors (Lipinski definition) is 0. The van der Waals surface area contributed by atoms with E-state index in [1.165, 1.54) is 42.5 Å². The molecule has 5 aromatic carbocycles. The topological polar surface area (TPSA) is 9.23 Å². The molecule has 0 unspecified atom stereocenters. The van der Waals surface area contributed by atoms with Gasteiger partial charge < -0.3 is 4.74 Å². The highest BCUT2D eigenvalue weighted by Crippen LogP contribution is 2.36. The fourth-order valence-electron chi connectivity index (χ4n) is 5.13. The van der Waals surface area contributed by atoms with Gasteiger partial charge in [-0.25, -0.2) is 30.7 Å². The molecule has 0 bridgehead atoms. The van der Waals surface area contributed by atoms with E-state index in [1.807, 2.05) is 6.92 Å². The molecule has 0 N–H and O–H groups in total. The van der Waals surface area contributed by atoms with Gasteiger partial charge in [0.15, 0.2) is 17.5 Å². The molecule has 0 radical (unpaired) electrons. The van der Waals surface area contributed by atoms with E-state index in [9.17, 15) is 35.1 Å². The number of alkyl halides is 2. The number of ether oxygens (including phenoxy) is 1. The minimum atomic E-state index is -3.96. The van der Waals surface area contributed by atoms with Crippen LogP contribution in [0.15, 0.2) is 84.9 Å². The van der Waals surface area contributed by atoms with Crippen molar-refractivity contribution >= 4 is 12.2 Å². The summed E-state index contributed by atoms with van der Waals surface area (Å²) in [4.78, 5) is 0. The summed E-state index contributed by atoms with van der Waals surface area (Å²) in [6, 6.07) is 15.7. The predicted molar refractivity (Wildman–Crippen MR) is 167 cm³/mol. The quantitative estimate of drug-likeness (QED) is 0.0588. The summed E-state index contributed by atoms with van der Waals surface area (Å²) in [5, 5.41) is 0. The molecule has 5 aromatic rings. The lowest BCUT2D eigenvalue weighted by atomic mass is 9.98. The first-order valence-electron chi connectivity index (χ1n) is 14.9.